The molecule has 0 unspecified atom stereocenters. The van der Waals surface area contributed by atoms with Crippen molar-refractivity contribution in [2.45, 2.75) is 0 Å². The standard InChI is InChI=1S/C28H12N6/c29-13-25(14-30)19-1-7-22(8-2-19)28(23-9-3-20(4-10-23)26(15-31)16-32)24-11-5-21(6-12-24)27(17-33)18-34/h1-12H/q-2. The summed E-state index contributed by atoms with van der Waals surface area (Å²) < 4.78 is 0. The molecule has 0 bridgehead atoms. The maximum absolute atomic E-state index is 9.13. The van der Waals surface area contributed by atoms with Gasteiger partial charge in [-0.25, -0.2) is 11.7 Å². The van der Waals surface area contributed by atoms with Crippen molar-refractivity contribution >= 4 is 34.0 Å². The molecule has 6 nitrogen and oxygen atoms in total. The zero-order valence-corrected chi connectivity index (χ0v) is 17.6. The topological polar surface area (TPSA) is 140 Å². The maximum Gasteiger partial charge on any atom is 0.136 e. The summed E-state index contributed by atoms with van der Waals surface area (Å²) in [5.41, 5.74) is 3.44. The molecule has 0 atom stereocenters. The molecule has 0 aliphatic carbocycles. The van der Waals surface area contributed by atoms with E-state index in [0.29, 0.717) is 16.3 Å². The van der Waals surface area contributed by atoms with Gasteiger partial charge in [-0.15, -0.1) is 0 Å². The molecule has 0 N–H and O–H groups in total. The highest BCUT2D eigenvalue weighted by molar-refractivity contribution is 5.99. The van der Waals surface area contributed by atoms with E-state index in [0.717, 1.165) is 21.9 Å². The zero-order chi connectivity index (χ0) is 24.5. The van der Waals surface area contributed by atoms with Gasteiger partial charge in [-0.2, -0.15) is 21.0 Å². The average Bonchev–Trinajstić information content (AvgIpc) is 2.89. The van der Waals surface area contributed by atoms with Crippen LogP contribution in [0.5, 0.6) is 0 Å². The smallest absolute Gasteiger partial charge is 0.136 e. The fourth-order valence-electron chi connectivity index (χ4n) is 3.37. The lowest BCUT2D eigenvalue weighted by atomic mass is 9.92. The lowest BCUT2D eigenvalue weighted by Crippen LogP contribution is -2.13. The molecule has 3 aromatic rings. The van der Waals surface area contributed by atoms with Crippen LogP contribution in [0.15, 0.2) is 72.8 Å². The summed E-state index contributed by atoms with van der Waals surface area (Å²) in [6.07, 6.45) is 0. The number of allylic oxidation sites excluding steroid dienone is 2. The second-order valence-corrected chi connectivity index (χ2v) is 6.90. The van der Waals surface area contributed by atoms with Crippen molar-refractivity contribution in [1.29, 1.82) is 21.0 Å². The van der Waals surface area contributed by atoms with Gasteiger partial charge in [-0.1, -0.05) is 72.8 Å². The van der Waals surface area contributed by atoms with Crippen LogP contribution in [-0.2, 0) is 0 Å². The van der Waals surface area contributed by atoms with E-state index in [1.165, 1.54) is 0 Å². The van der Waals surface area contributed by atoms with Gasteiger partial charge in [0.2, 0.25) is 0 Å². The van der Waals surface area contributed by atoms with Crippen LogP contribution in [-0.4, -0.2) is 11.7 Å². The minimum absolute atomic E-state index is 0.00829. The Labute approximate surface area is 195 Å². The van der Waals surface area contributed by atoms with Crippen LogP contribution in [0.3, 0.4) is 0 Å². The number of hydrogen-bond donors (Lipinski definition) is 0. The molecule has 0 heterocycles. The van der Waals surface area contributed by atoms with E-state index in [4.69, 9.17) is 31.9 Å². The molecule has 0 aromatic heterocycles. The highest BCUT2D eigenvalue weighted by Crippen LogP contribution is 2.24. The summed E-state index contributed by atoms with van der Waals surface area (Å²) in [7, 11) is 0. The molecule has 0 amide bonds. The number of benzene rings is 3. The van der Waals surface area contributed by atoms with Gasteiger partial charge >= 0.3 is 0 Å². The Morgan fingerprint density at radius 1 is 0.471 bits per heavy atom. The second kappa shape index (κ2) is 10.5. The van der Waals surface area contributed by atoms with E-state index in [9.17, 15) is 0 Å². The first kappa shape index (κ1) is 22.9. The molecule has 0 radical (unpaired) electrons. The summed E-state index contributed by atoms with van der Waals surface area (Å²) in [6.45, 7) is 0. The summed E-state index contributed by atoms with van der Waals surface area (Å²) in [5.74, 6) is 3.75. The zero-order valence-electron chi connectivity index (χ0n) is 17.6. The molecule has 3 rings (SSSR count). The van der Waals surface area contributed by atoms with E-state index >= 15 is 0 Å². The van der Waals surface area contributed by atoms with Crippen LogP contribution in [0, 0.1) is 45.3 Å². The Hall–Kier alpha value is -5.74. The third kappa shape index (κ3) is 4.61. The minimum Gasteiger partial charge on any atom is -0.762 e. The molecule has 6 heteroatoms. The van der Waals surface area contributed by atoms with Gasteiger partial charge in [-0.05, 0) is 33.0 Å². The molecule has 3 aromatic carbocycles. The van der Waals surface area contributed by atoms with Gasteiger partial charge in [0.15, 0.2) is 0 Å². The summed E-state index contributed by atoms with van der Waals surface area (Å²) >= 11 is 0. The first-order valence-corrected chi connectivity index (χ1v) is 9.81. The molecule has 156 valence electrons. The fourth-order valence-corrected chi connectivity index (χ4v) is 3.37. The Balaban J connectivity index is 2.28. The van der Waals surface area contributed by atoms with Crippen molar-refractivity contribution in [3.05, 3.63) is 116 Å². The quantitative estimate of drug-likeness (QED) is 0.460. The average molecular weight is 432 g/mol. The lowest BCUT2D eigenvalue weighted by Gasteiger charge is -2.11. The molecule has 34 heavy (non-hydrogen) atoms. The lowest BCUT2D eigenvalue weighted by molar-refractivity contribution is 1.44. The molecule has 0 saturated carbocycles. The van der Waals surface area contributed by atoms with Crippen LogP contribution in [0.1, 0.15) is 22.3 Å². The summed E-state index contributed by atoms with van der Waals surface area (Å²) in [5, 5.41) is 56.1. The molecule has 0 saturated heterocycles. The van der Waals surface area contributed by atoms with Crippen LogP contribution >= 0.6 is 0 Å². The first-order valence-electron chi connectivity index (χ1n) is 9.81. The van der Waals surface area contributed by atoms with E-state index in [2.05, 4.69) is 0 Å². The monoisotopic (exact) mass is 432 g/mol. The Kier molecular flexibility index (Phi) is 7.10. The number of nitrogens with zero attached hydrogens (tertiary/aromatic N) is 6. The van der Waals surface area contributed by atoms with E-state index < -0.39 is 0 Å². The van der Waals surface area contributed by atoms with Gasteiger partial charge < -0.3 is 10.8 Å². The summed E-state index contributed by atoms with van der Waals surface area (Å²) in [4.78, 5) is 0. The van der Waals surface area contributed by atoms with Crippen molar-refractivity contribution in [3.8, 4) is 24.3 Å². The van der Waals surface area contributed by atoms with Crippen molar-refractivity contribution in [2.24, 2.45) is 0 Å². The van der Waals surface area contributed by atoms with Crippen LogP contribution in [0.25, 0.3) is 33.1 Å². The minimum atomic E-state index is 0.00829. The van der Waals surface area contributed by atoms with Crippen molar-refractivity contribution in [3.63, 3.8) is 0 Å². The van der Waals surface area contributed by atoms with E-state index in [-0.39, 0.29) is 16.7 Å². The first-order chi connectivity index (χ1) is 16.6. The Bertz CT molecular complexity index is 1550. The Morgan fingerprint density at radius 2 is 0.824 bits per heavy atom. The molecule has 0 aliphatic heterocycles. The number of nitriles is 4. The van der Waals surface area contributed by atoms with Gasteiger partial charge in [0.05, 0.1) is 11.1 Å². The third-order valence-electron chi connectivity index (χ3n) is 5.06. The molecular weight excluding hydrogens is 420 g/mol. The molecule has 0 fully saturated rings. The van der Waals surface area contributed by atoms with Gasteiger partial charge in [0, 0.05) is 5.22 Å². The van der Waals surface area contributed by atoms with Crippen LogP contribution in [0.4, 0.5) is 0 Å². The highest BCUT2D eigenvalue weighted by Gasteiger charge is 2.09. The Morgan fingerprint density at radius 3 is 1.15 bits per heavy atom. The van der Waals surface area contributed by atoms with Gasteiger partial charge in [-0.3, -0.25) is 0 Å². The second-order valence-electron chi connectivity index (χ2n) is 6.90. The van der Waals surface area contributed by atoms with Crippen LogP contribution in [0.2, 0.25) is 0 Å². The highest BCUT2D eigenvalue weighted by atomic mass is 14.3. The fraction of sp³-hybridized carbons (Fsp3) is 0. The molecular formula is C28H12N6-2. The normalized spacial score (nSPS) is 9.06. The summed E-state index contributed by atoms with van der Waals surface area (Å²) in [6, 6.07) is 28.4. The van der Waals surface area contributed by atoms with Crippen LogP contribution < -0.4 is 10.4 Å². The third-order valence-corrected chi connectivity index (χ3v) is 5.06. The number of rotatable bonds is 4. The van der Waals surface area contributed by atoms with E-state index in [1.54, 1.807) is 72.8 Å². The van der Waals surface area contributed by atoms with Crippen molar-refractivity contribution in [2.75, 3.05) is 0 Å². The van der Waals surface area contributed by atoms with Gasteiger partial charge in [0.25, 0.3) is 0 Å². The van der Waals surface area contributed by atoms with E-state index in [1.807, 2.05) is 36.0 Å². The SMILES string of the molecule is N#CC(=C=[N-])c1ccc(C(c2ccc(C(=C=[N-])C#N)cc2)=c2ccc(=C(C#N)C#N)cc2)cc1. The largest absolute Gasteiger partial charge is 0.762 e. The van der Waals surface area contributed by atoms with Crippen molar-refractivity contribution in [1.82, 2.24) is 0 Å². The molecule has 0 spiro atoms. The van der Waals surface area contributed by atoms with Crippen molar-refractivity contribution < 1.29 is 0 Å². The predicted octanol–water partition coefficient (Wildman–Crippen LogP) is 3.42. The molecule has 0 aliphatic rings. The maximum atomic E-state index is 9.13. The number of hydrogen-bond acceptors (Lipinski definition) is 4. The predicted molar refractivity (Wildman–Crippen MR) is 130 cm³/mol. The van der Waals surface area contributed by atoms with Gasteiger partial charge in [0.1, 0.15) is 29.8 Å².